The summed E-state index contributed by atoms with van der Waals surface area (Å²) in [5.41, 5.74) is 1.73. The summed E-state index contributed by atoms with van der Waals surface area (Å²) in [5.74, 6) is -0.705. The molecule has 1 saturated heterocycles. The van der Waals surface area contributed by atoms with E-state index in [4.69, 9.17) is 9.47 Å². The number of aliphatic hydroxyl groups excluding tert-OH is 4. The molecular weight excluding hydrogens is 490 g/mol. The molecule has 1 fully saturated rings. The van der Waals surface area contributed by atoms with Crippen molar-refractivity contribution in [2.45, 2.75) is 43.2 Å². The van der Waals surface area contributed by atoms with Gasteiger partial charge in [-0.15, -0.1) is 26.8 Å². The number of carbonyl (C=O) groups excluding carboxylic acids is 1. The molecule has 2 heterocycles. The number of fused-ring (bicyclic) bond motifs is 1. The van der Waals surface area contributed by atoms with Crippen LogP contribution in [0.25, 0.3) is 16.7 Å². The number of hydrogen-bond donors (Lipinski definition) is 5. The summed E-state index contributed by atoms with van der Waals surface area (Å²) in [4.78, 5) is 13.8. The van der Waals surface area contributed by atoms with Gasteiger partial charge in [0.1, 0.15) is 52.3 Å². The zero-order valence-electron chi connectivity index (χ0n) is 19.5. The van der Waals surface area contributed by atoms with E-state index in [1.165, 1.54) is 4.80 Å². The van der Waals surface area contributed by atoms with Gasteiger partial charge >= 0.3 is 5.97 Å². The molecule has 0 amide bonds. The van der Waals surface area contributed by atoms with Crippen molar-refractivity contribution in [3.05, 3.63) is 48.0 Å². The SMILES string of the molecule is CC(CSC1OC(CO)C(O)C(O)C1O)C(=O)OCCc1ccc(O)c(-n2nc3ccccc3n2)c1. The number of aromatic nitrogens is 3. The lowest BCUT2D eigenvalue weighted by molar-refractivity contribution is -0.205. The highest BCUT2D eigenvalue weighted by molar-refractivity contribution is 7.99. The van der Waals surface area contributed by atoms with E-state index in [-0.39, 0.29) is 18.1 Å². The number of rotatable bonds is 9. The van der Waals surface area contributed by atoms with Crippen molar-refractivity contribution in [1.29, 1.82) is 0 Å². The molecule has 6 atom stereocenters. The summed E-state index contributed by atoms with van der Waals surface area (Å²) in [5, 5.41) is 58.2. The molecule has 36 heavy (non-hydrogen) atoms. The van der Waals surface area contributed by atoms with Crippen molar-refractivity contribution in [1.82, 2.24) is 15.0 Å². The molecular formula is C24H29N3O8S. The number of esters is 1. The van der Waals surface area contributed by atoms with E-state index >= 15 is 0 Å². The number of ether oxygens (including phenoxy) is 2. The van der Waals surface area contributed by atoms with Gasteiger partial charge in [0.2, 0.25) is 0 Å². The highest BCUT2D eigenvalue weighted by Crippen LogP contribution is 2.30. The van der Waals surface area contributed by atoms with Crippen LogP contribution in [0.5, 0.6) is 5.75 Å². The first-order valence-electron chi connectivity index (χ1n) is 11.5. The van der Waals surface area contributed by atoms with E-state index in [1.807, 2.05) is 24.3 Å². The second-order valence-corrected chi connectivity index (χ2v) is 9.78. The number of aliphatic hydroxyl groups is 4. The van der Waals surface area contributed by atoms with Crippen LogP contribution in [0.3, 0.4) is 0 Å². The van der Waals surface area contributed by atoms with Crippen molar-refractivity contribution >= 4 is 28.8 Å². The first kappa shape index (κ1) is 26.3. The number of phenolic OH excluding ortho intramolecular Hbond substituents is 1. The molecule has 5 N–H and O–H groups in total. The number of thioether (sulfide) groups is 1. The van der Waals surface area contributed by atoms with Gasteiger partial charge in [0, 0.05) is 12.2 Å². The monoisotopic (exact) mass is 519 g/mol. The number of hydrogen-bond acceptors (Lipinski definition) is 11. The molecule has 0 saturated carbocycles. The Morgan fingerprint density at radius 1 is 1.11 bits per heavy atom. The number of benzene rings is 2. The maximum absolute atomic E-state index is 12.4. The molecule has 1 aliphatic rings. The number of carbonyl (C=O) groups is 1. The zero-order chi connectivity index (χ0) is 25.8. The van der Waals surface area contributed by atoms with Crippen LogP contribution < -0.4 is 0 Å². The fourth-order valence-electron chi connectivity index (χ4n) is 3.78. The molecule has 1 aliphatic heterocycles. The van der Waals surface area contributed by atoms with Crippen LogP contribution >= 0.6 is 11.8 Å². The summed E-state index contributed by atoms with van der Waals surface area (Å²) in [7, 11) is 0. The Morgan fingerprint density at radius 3 is 2.47 bits per heavy atom. The summed E-state index contributed by atoms with van der Waals surface area (Å²) >= 11 is 1.10. The maximum atomic E-state index is 12.4. The van der Waals surface area contributed by atoms with E-state index in [0.29, 0.717) is 23.1 Å². The second kappa shape index (κ2) is 11.5. The molecule has 11 nitrogen and oxygen atoms in total. The molecule has 1 aromatic heterocycles. The summed E-state index contributed by atoms with van der Waals surface area (Å²) in [6.45, 7) is 1.28. The normalized spacial score (nSPS) is 25.1. The Balaban J connectivity index is 1.28. The van der Waals surface area contributed by atoms with Crippen molar-refractivity contribution in [2.24, 2.45) is 5.92 Å². The van der Waals surface area contributed by atoms with Crippen LogP contribution in [0.2, 0.25) is 0 Å². The predicted octanol–water partition coefficient (Wildman–Crippen LogP) is 0.381. The van der Waals surface area contributed by atoms with Crippen LogP contribution in [0.4, 0.5) is 0 Å². The van der Waals surface area contributed by atoms with Crippen molar-refractivity contribution in [3.8, 4) is 11.4 Å². The molecule has 0 radical (unpaired) electrons. The van der Waals surface area contributed by atoms with Crippen LogP contribution in [-0.4, -0.2) is 95.3 Å². The summed E-state index contributed by atoms with van der Waals surface area (Å²) in [6, 6.07) is 12.4. The van der Waals surface area contributed by atoms with Crippen LogP contribution in [0.1, 0.15) is 12.5 Å². The van der Waals surface area contributed by atoms with Crippen molar-refractivity contribution in [2.75, 3.05) is 19.0 Å². The molecule has 12 heteroatoms. The predicted molar refractivity (Wildman–Crippen MR) is 131 cm³/mol. The van der Waals surface area contributed by atoms with Crippen LogP contribution in [0, 0.1) is 5.92 Å². The molecule has 0 bridgehead atoms. The lowest BCUT2D eigenvalue weighted by atomic mass is 10.0. The van der Waals surface area contributed by atoms with Crippen molar-refractivity contribution < 1.29 is 39.8 Å². The van der Waals surface area contributed by atoms with Gasteiger partial charge in [-0.1, -0.05) is 25.1 Å². The largest absolute Gasteiger partial charge is 0.506 e. The molecule has 6 unspecified atom stereocenters. The number of aromatic hydroxyl groups is 1. The standard InChI is InChI=1S/C24H29N3O8S/c1-13(12-36-24-22(32)21(31)20(30)19(11-28)35-24)23(33)34-9-8-14-6-7-18(29)17(10-14)27-25-15-4-2-3-5-16(15)26-27/h2-7,10,13,19-22,24,28-32H,8-9,11-12H2,1H3. The van der Waals surface area contributed by atoms with Crippen LogP contribution in [-0.2, 0) is 20.7 Å². The second-order valence-electron chi connectivity index (χ2n) is 8.65. The Hall–Kier alpha value is -2.74. The minimum absolute atomic E-state index is 0.0230. The third-order valence-electron chi connectivity index (χ3n) is 5.94. The van der Waals surface area contributed by atoms with Gasteiger partial charge in [0.25, 0.3) is 0 Å². The highest BCUT2D eigenvalue weighted by Gasteiger charge is 2.43. The van der Waals surface area contributed by atoms with Crippen molar-refractivity contribution in [3.63, 3.8) is 0 Å². The fourth-order valence-corrected chi connectivity index (χ4v) is 4.97. The zero-order valence-corrected chi connectivity index (χ0v) is 20.4. The number of nitrogens with zero attached hydrogens (tertiary/aromatic N) is 3. The Labute approximate surface area is 211 Å². The number of phenols is 1. The van der Waals surface area contributed by atoms with E-state index in [0.717, 1.165) is 17.3 Å². The average molecular weight is 520 g/mol. The third kappa shape index (κ3) is 5.80. The summed E-state index contributed by atoms with van der Waals surface area (Å²) < 4.78 is 10.8. The minimum Gasteiger partial charge on any atom is -0.506 e. The molecule has 0 spiro atoms. The van der Waals surface area contributed by atoms with E-state index < -0.39 is 48.3 Å². The maximum Gasteiger partial charge on any atom is 0.309 e. The Kier molecular flexibility index (Phi) is 8.44. The first-order valence-corrected chi connectivity index (χ1v) is 12.6. The average Bonchev–Trinajstić information content (AvgIpc) is 3.31. The van der Waals surface area contributed by atoms with Gasteiger partial charge < -0.3 is 35.0 Å². The molecule has 3 aromatic rings. The fraction of sp³-hybridized carbons (Fsp3) is 0.458. The van der Waals surface area contributed by atoms with Gasteiger partial charge in [0.05, 0.1) is 19.1 Å². The molecule has 194 valence electrons. The topological polar surface area (TPSA) is 167 Å². The summed E-state index contributed by atoms with van der Waals surface area (Å²) in [6.07, 6.45) is -4.82. The van der Waals surface area contributed by atoms with E-state index in [2.05, 4.69) is 10.2 Å². The third-order valence-corrected chi connectivity index (χ3v) is 7.35. The van der Waals surface area contributed by atoms with Gasteiger partial charge in [-0.3, -0.25) is 4.79 Å². The van der Waals surface area contributed by atoms with Crippen LogP contribution in [0.15, 0.2) is 42.5 Å². The van der Waals surface area contributed by atoms with Gasteiger partial charge in [0.15, 0.2) is 0 Å². The van der Waals surface area contributed by atoms with E-state index in [9.17, 15) is 30.3 Å². The lowest BCUT2D eigenvalue weighted by Gasteiger charge is -2.39. The lowest BCUT2D eigenvalue weighted by Crippen LogP contribution is -2.57. The van der Waals surface area contributed by atoms with Gasteiger partial charge in [-0.2, -0.15) is 0 Å². The van der Waals surface area contributed by atoms with E-state index in [1.54, 1.807) is 25.1 Å². The highest BCUT2D eigenvalue weighted by atomic mass is 32.2. The van der Waals surface area contributed by atoms with Gasteiger partial charge in [-0.25, -0.2) is 0 Å². The Morgan fingerprint density at radius 2 is 1.81 bits per heavy atom. The quantitative estimate of drug-likeness (QED) is 0.248. The molecule has 4 rings (SSSR count). The minimum atomic E-state index is -1.46. The molecule has 2 aromatic carbocycles. The van der Waals surface area contributed by atoms with Gasteiger partial charge in [-0.05, 0) is 29.8 Å². The first-order chi connectivity index (χ1) is 17.3. The smallest absolute Gasteiger partial charge is 0.309 e. The molecule has 0 aliphatic carbocycles. The Bertz CT molecular complexity index is 1160.